The lowest BCUT2D eigenvalue weighted by atomic mass is 10.2. The van der Waals surface area contributed by atoms with Crippen LogP contribution in [0.5, 0.6) is 5.75 Å². The highest BCUT2D eigenvalue weighted by atomic mass is 32.2. The Hall–Kier alpha value is -2.42. The van der Waals surface area contributed by atoms with E-state index < -0.39 is 26.7 Å². The molecule has 1 aliphatic heterocycles. The number of ether oxygens (including phenoxy) is 1. The predicted octanol–water partition coefficient (Wildman–Crippen LogP) is 2.31. The number of amides is 1. The molecule has 27 heavy (non-hydrogen) atoms. The van der Waals surface area contributed by atoms with Crippen molar-refractivity contribution in [1.29, 1.82) is 0 Å². The SMILES string of the molecule is CCOc1ccc(-c2nnc(S(=O)(=O)CC(=O)N3CCCCCC3)o2)cc1. The fraction of sp³-hybridized carbons (Fsp3) is 0.500. The van der Waals surface area contributed by atoms with Gasteiger partial charge in [-0.1, -0.05) is 17.9 Å². The summed E-state index contributed by atoms with van der Waals surface area (Å²) >= 11 is 0. The van der Waals surface area contributed by atoms with Gasteiger partial charge in [0.25, 0.3) is 0 Å². The summed E-state index contributed by atoms with van der Waals surface area (Å²) in [6.45, 7) is 3.62. The van der Waals surface area contributed by atoms with Crippen LogP contribution in [0.4, 0.5) is 0 Å². The van der Waals surface area contributed by atoms with Crippen LogP contribution in [0.15, 0.2) is 33.9 Å². The van der Waals surface area contributed by atoms with Crippen LogP contribution in [0, 0.1) is 0 Å². The molecule has 0 radical (unpaired) electrons. The molecule has 1 aliphatic rings. The molecule has 0 atom stereocenters. The molecule has 2 heterocycles. The van der Waals surface area contributed by atoms with Crippen molar-refractivity contribution < 1.29 is 22.4 Å². The van der Waals surface area contributed by atoms with Crippen molar-refractivity contribution in [3.63, 3.8) is 0 Å². The minimum atomic E-state index is -3.98. The number of rotatable bonds is 6. The molecule has 1 fully saturated rings. The van der Waals surface area contributed by atoms with Crippen LogP contribution < -0.4 is 4.74 Å². The number of hydrogen-bond donors (Lipinski definition) is 0. The van der Waals surface area contributed by atoms with Gasteiger partial charge in [0.2, 0.25) is 21.6 Å². The lowest BCUT2D eigenvalue weighted by Gasteiger charge is -2.19. The Morgan fingerprint density at radius 1 is 1.11 bits per heavy atom. The van der Waals surface area contributed by atoms with Crippen molar-refractivity contribution in [3.8, 4) is 17.2 Å². The standard InChI is InChI=1S/C18H23N3O5S/c1-2-25-15-9-7-14(8-10-15)17-19-20-18(26-17)27(23,24)13-16(22)21-11-5-3-4-6-12-21/h7-10H,2-6,11-13H2,1H3. The molecule has 1 aromatic heterocycles. The number of hydrogen-bond acceptors (Lipinski definition) is 7. The molecular formula is C18H23N3O5S. The van der Waals surface area contributed by atoms with Crippen molar-refractivity contribution in [2.75, 3.05) is 25.4 Å². The fourth-order valence-corrected chi connectivity index (χ4v) is 3.95. The van der Waals surface area contributed by atoms with Crippen molar-refractivity contribution in [1.82, 2.24) is 15.1 Å². The summed E-state index contributed by atoms with van der Waals surface area (Å²) < 4.78 is 35.7. The molecule has 0 bridgehead atoms. The molecule has 2 aromatic rings. The number of likely N-dealkylation sites (tertiary alicyclic amines) is 1. The van der Waals surface area contributed by atoms with E-state index in [4.69, 9.17) is 9.15 Å². The second kappa shape index (κ2) is 8.51. The highest BCUT2D eigenvalue weighted by Gasteiger charge is 2.29. The highest BCUT2D eigenvalue weighted by Crippen LogP contribution is 2.23. The van der Waals surface area contributed by atoms with Gasteiger partial charge >= 0.3 is 5.22 Å². The van der Waals surface area contributed by atoms with Gasteiger partial charge in [0, 0.05) is 18.7 Å². The summed E-state index contributed by atoms with van der Waals surface area (Å²) in [5, 5.41) is 6.90. The molecule has 1 saturated heterocycles. The van der Waals surface area contributed by atoms with Crippen LogP contribution >= 0.6 is 0 Å². The molecule has 0 saturated carbocycles. The second-order valence-corrected chi connectivity index (χ2v) is 8.25. The topological polar surface area (TPSA) is 103 Å². The Balaban J connectivity index is 1.71. The maximum absolute atomic E-state index is 12.5. The quantitative estimate of drug-likeness (QED) is 0.742. The molecule has 146 valence electrons. The zero-order valence-electron chi connectivity index (χ0n) is 15.3. The highest BCUT2D eigenvalue weighted by molar-refractivity contribution is 7.91. The first kappa shape index (κ1) is 19.3. The summed E-state index contributed by atoms with van der Waals surface area (Å²) in [7, 11) is -3.98. The number of nitrogens with zero attached hydrogens (tertiary/aromatic N) is 3. The van der Waals surface area contributed by atoms with Crippen LogP contribution in [0.1, 0.15) is 32.6 Å². The van der Waals surface area contributed by atoms with Crippen molar-refractivity contribution in [2.24, 2.45) is 0 Å². The number of aromatic nitrogens is 2. The van der Waals surface area contributed by atoms with Crippen molar-refractivity contribution >= 4 is 15.7 Å². The van der Waals surface area contributed by atoms with Gasteiger partial charge in [-0.3, -0.25) is 4.79 Å². The molecule has 1 aromatic carbocycles. The van der Waals surface area contributed by atoms with Gasteiger partial charge in [-0.2, -0.15) is 0 Å². The molecule has 0 aliphatic carbocycles. The Morgan fingerprint density at radius 3 is 2.41 bits per heavy atom. The summed E-state index contributed by atoms with van der Waals surface area (Å²) in [6.07, 6.45) is 3.92. The van der Waals surface area contributed by atoms with E-state index in [1.165, 1.54) is 0 Å². The van der Waals surface area contributed by atoms with Crippen molar-refractivity contribution in [2.45, 2.75) is 37.8 Å². The van der Waals surface area contributed by atoms with E-state index in [1.54, 1.807) is 29.2 Å². The lowest BCUT2D eigenvalue weighted by Crippen LogP contribution is -2.36. The second-order valence-electron chi connectivity index (χ2n) is 6.38. The van der Waals surface area contributed by atoms with E-state index in [0.717, 1.165) is 25.7 Å². The van der Waals surface area contributed by atoms with E-state index >= 15 is 0 Å². The molecule has 0 spiro atoms. The normalized spacial score (nSPS) is 15.4. The van der Waals surface area contributed by atoms with E-state index in [1.807, 2.05) is 6.92 Å². The van der Waals surface area contributed by atoms with Gasteiger partial charge in [-0.25, -0.2) is 8.42 Å². The molecule has 3 rings (SSSR count). The number of carbonyl (C=O) groups excluding carboxylic acids is 1. The van der Waals surface area contributed by atoms with Gasteiger partial charge < -0.3 is 14.1 Å². The molecule has 1 amide bonds. The van der Waals surface area contributed by atoms with E-state index in [2.05, 4.69) is 10.2 Å². The van der Waals surface area contributed by atoms with Crippen LogP contribution in [0.2, 0.25) is 0 Å². The smallest absolute Gasteiger partial charge is 0.336 e. The van der Waals surface area contributed by atoms with E-state index in [-0.39, 0.29) is 5.89 Å². The predicted molar refractivity (Wildman–Crippen MR) is 98.0 cm³/mol. The third-order valence-electron chi connectivity index (χ3n) is 4.36. The average molecular weight is 393 g/mol. The maximum Gasteiger partial charge on any atom is 0.336 e. The fourth-order valence-electron chi connectivity index (χ4n) is 2.95. The Bertz CT molecular complexity index is 869. The van der Waals surface area contributed by atoms with Gasteiger partial charge in [0.1, 0.15) is 11.5 Å². The minimum absolute atomic E-state index is 0.0823. The monoisotopic (exact) mass is 393 g/mol. The Morgan fingerprint density at radius 2 is 1.78 bits per heavy atom. The summed E-state index contributed by atoms with van der Waals surface area (Å²) in [4.78, 5) is 14.0. The first-order valence-corrected chi connectivity index (χ1v) is 10.7. The maximum atomic E-state index is 12.5. The summed E-state index contributed by atoms with van der Waals surface area (Å²) in [6, 6.07) is 6.88. The van der Waals surface area contributed by atoms with Crippen LogP contribution in [-0.4, -0.2) is 54.9 Å². The number of benzene rings is 1. The van der Waals surface area contributed by atoms with E-state index in [9.17, 15) is 13.2 Å². The first-order chi connectivity index (χ1) is 13.0. The molecule has 8 nitrogen and oxygen atoms in total. The number of sulfone groups is 1. The minimum Gasteiger partial charge on any atom is -0.494 e. The van der Waals surface area contributed by atoms with Crippen molar-refractivity contribution in [3.05, 3.63) is 24.3 Å². The number of carbonyl (C=O) groups is 1. The largest absolute Gasteiger partial charge is 0.494 e. The van der Waals surface area contributed by atoms with Gasteiger partial charge in [-0.15, -0.1) is 5.10 Å². The van der Waals surface area contributed by atoms with Crippen LogP contribution in [0.3, 0.4) is 0 Å². The summed E-state index contributed by atoms with van der Waals surface area (Å²) in [5.74, 6) is -0.300. The van der Waals surface area contributed by atoms with Gasteiger partial charge in [0.05, 0.1) is 6.61 Å². The van der Waals surface area contributed by atoms with E-state index in [0.29, 0.717) is 31.0 Å². The third kappa shape index (κ3) is 4.85. The summed E-state index contributed by atoms with van der Waals surface area (Å²) in [5.41, 5.74) is 0.575. The Labute approximate surface area is 158 Å². The first-order valence-electron chi connectivity index (χ1n) is 9.07. The van der Waals surface area contributed by atoms with Crippen LogP contribution in [-0.2, 0) is 14.6 Å². The van der Waals surface area contributed by atoms with Gasteiger partial charge in [-0.05, 0) is 44.0 Å². The van der Waals surface area contributed by atoms with Gasteiger partial charge in [0.15, 0.2) is 0 Å². The zero-order valence-corrected chi connectivity index (χ0v) is 16.1. The molecular weight excluding hydrogens is 370 g/mol. The molecule has 0 N–H and O–H groups in total. The lowest BCUT2D eigenvalue weighted by molar-refractivity contribution is -0.128. The molecule has 9 heteroatoms. The third-order valence-corrected chi connectivity index (χ3v) is 5.68. The average Bonchev–Trinajstić information content (AvgIpc) is 2.99. The zero-order chi connectivity index (χ0) is 19.3. The van der Waals surface area contributed by atoms with Crippen LogP contribution in [0.25, 0.3) is 11.5 Å². The molecule has 0 unspecified atom stereocenters. The Kier molecular flexibility index (Phi) is 6.10.